The van der Waals surface area contributed by atoms with Crippen molar-refractivity contribution in [2.75, 3.05) is 5.32 Å². The molecule has 3 aromatic carbocycles. The van der Waals surface area contributed by atoms with E-state index in [-0.39, 0.29) is 5.75 Å². The Kier molecular flexibility index (Phi) is 4.59. The Balaban J connectivity index is 1.45. The Labute approximate surface area is 179 Å². The minimum absolute atomic E-state index is 0.171. The molecule has 0 aliphatic carbocycles. The Morgan fingerprint density at radius 3 is 2.65 bits per heavy atom. The van der Waals surface area contributed by atoms with Gasteiger partial charge < -0.3 is 15.2 Å². The molecule has 6 heteroatoms. The number of nitrogens with one attached hydrogen (secondary N) is 1. The highest BCUT2D eigenvalue weighted by Crippen LogP contribution is 2.33. The first kappa shape index (κ1) is 18.8. The van der Waals surface area contributed by atoms with Crippen LogP contribution < -0.4 is 10.1 Å². The molecule has 2 heterocycles. The van der Waals surface area contributed by atoms with Gasteiger partial charge in [0, 0.05) is 22.2 Å². The molecule has 0 spiro atoms. The van der Waals surface area contributed by atoms with Gasteiger partial charge in [-0.1, -0.05) is 18.2 Å². The second-order valence-corrected chi connectivity index (χ2v) is 7.41. The number of pyridine rings is 1. The fourth-order valence-corrected chi connectivity index (χ4v) is 3.54. The van der Waals surface area contributed by atoms with Gasteiger partial charge in [-0.2, -0.15) is 0 Å². The molecule has 0 radical (unpaired) electrons. The number of aryl methyl sites for hydroxylation is 2. The van der Waals surface area contributed by atoms with Gasteiger partial charge in [0.2, 0.25) is 0 Å². The van der Waals surface area contributed by atoms with Crippen LogP contribution in [0.1, 0.15) is 11.3 Å². The van der Waals surface area contributed by atoms with Gasteiger partial charge in [-0.05, 0) is 67.9 Å². The molecule has 0 fully saturated rings. The largest absolute Gasteiger partial charge is 0.508 e. The molecule has 6 nitrogen and oxygen atoms in total. The number of hydrogen-bond donors (Lipinski definition) is 2. The molecule has 0 saturated carbocycles. The number of fused-ring (bicyclic) bond motifs is 2. The summed E-state index contributed by atoms with van der Waals surface area (Å²) in [5, 5.41) is 14.9. The van der Waals surface area contributed by atoms with Crippen molar-refractivity contribution in [1.82, 2.24) is 15.0 Å². The van der Waals surface area contributed by atoms with Crippen LogP contribution >= 0.6 is 0 Å². The monoisotopic (exact) mass is 408 g/mol. The summed E-state index contributed by atoms with van der Waals surface area (Å²) < 4.78 is 6.22. The van der Waals surface area contributed by atoms with E-state index in [1.807, 2.05) is 62.4 Å². The molecule has 0 bridgehead atoms. The van der Waals surface area contributed by atoms with Gasteiger partial charge in [0.25, 0.3) is 0 Å². The molecular weight excluding hydrogens is 388 g/mol. The summed E-state index contributed by atoms with van der Waals surface area (Å²) in [6.45, 7) is 3.97. The summed E-state index contributed by atoms with van der Waals surface area (Å²) in [5.41, 5.74) is 4.38. The summed E-state index contributed by atoms with van der Waals surface area (Å²) in [6, 6.07) is 20.8. The topological polar surface area (TPSA) is 80.2 Å². The number of benzene rings is 3. The van der Waals surface area contributed by atoms with Gasteiger partial charge in [0.1, 0.15) is 29.2 Å². The third kappa shape index (κ3) is 3.71. The molecule has 2 aromatic heterocycles. The van der Waals surface area contributed by atoms with E-state index in [0.29, 0.717) is 5.82 Å². The van der Waals surface area contributed by atoms with Crippen LogP contribution in [-0.4, -0.2) is 20.1 Å². The summed E-state index contributed by atoms with van der Waals surface area (Å²) in [4.78, 5) is 13.2. The fourth-order valence-electron chi connectivity index (χ4n) is 3.54. The van der Waals surface area contributed by atoms with E-state index in [2.05, 4.69) is 20.3 Å². The van der Waals surface area contributed by atoms with Gasteiger partial charge in [-0.25, -0.2) is 15.0 Å². The lowest BCUT2D eigenvalue weighted by atomic mass is 10.1. The summed E-state index contributed by atoms with van der Waals surface area (Å²) in [6.07, 6.45) is 1.50. The molecule has 31 heavy (non-hydrogen) atoms. The van der Waals surface area contributed by atoms with Gasteiger partial charge in [-0.15, -0.1) is 0 Å². The van der Waals surface area contributed by atoms with Crippen molar-refractivity contribution in [2.45, 2.75) is 13.8 Å². The molecule has 0 aliphatic heterocycles. The number of rotatable bonds is 4. The van der Waals surface area contributed by atoms with E-state index in [1.165, 1.54) is 6.33 Å². The number of aromatic nitrogens is 3. The maximum Gasteiger partial charge on any atom is 0.153 e. The van der Waals surface area contributed by atoms with Crippen LogP contribution in [0.25, 0.3) is 21.8 Å². The maximum absolute atomic E-state index is 9.83. The molecule has 0 saturated heterocycles. The van der Waals surface area contributed by atoms with Crippen molar-refractivity contribution < 1.29 is 9.84 Å². The number of phenols is 1. The van der Waals surface area contributed by atoms with E-state index in [0.717, 1.165) is 50.2 Å². The molecule has 0 aliphatic rings. The first-order valence-electron chi connectivity index (χ1n) is 9.92. The molecule has 152 valence electrons. The van der Waals surface area contributed by atoms with E-state index in [1.54, 1.807) is 18.2 Å². The quantitative estimate of drug-likeness (QED) is 0.378. The fraction of sp³-hybridized carbons (Fsp3) is 0.0800. The van der Waals surface area contributed by atoms with Crippen molar-refractivity contribution in [3.05, 3.63) is 84.3 Å². The van der Waals surface area contributed by atoms with Crippen LogP contribution in [0.4, 0.5) is 11.5 Å². The predicted molar refractivity (Wildman–Crippen MR) is 122 cm³/mol. The van der Waals surface area contributed by atoms with Crippen molar-refractivity contribution >= 4 is 33.3 Å². The average molecular weight is 408 g/mol. The first-order valence-corrected chi connectivity index (χ1v) is 9.92. The zero-order valence-corrected chi connectivity index (χ0v) is 17.1. The lowest BCUT2D eigenvalue weighted by Gasteiger charge is -2.13. The Morgan fingerprint density at radius 2 is 1.77 bits per heavy atom. The highest BCUT2D eigenvalue weighted by molar-refractivity contribution is 5.91. The molecule has 5 rings (SSSR count). The minimum atomic E-state index is 0.171. The van der Waals surface area contributed by atoms with Crippen LogP contribution in [0, 0.1) is 13.8 Å². The highest BCUT2D eigenvalue weighted by Gasteiger charge is 2.10. The standard InChI is InChI=1S/C25H20N4O2/c1-15-12-18(29-25-20-13-19(30)9-10-21(20)26-14-27-25)8-11-22(15)31-23-5-3-4-17-7-6-16(2)28-24(17)23/h3-14,30H,1-2H3,(H,26,27,29). The van der Waals surface area contributed by atoms with E-state index >= 15 is 0 Å². The van der Waals surface area contributed by atoms with Gasteiger partial charge in [0.05, 0.1) is 5.52 Å². The number of hydrogen-bond acceptors (Lipinski definition) is 6. The van der Waals surface area contributed by atoms with Gasteiger partial charge in [-0.3, -0.25) is 0 Å². The highest BCUT2D eigenvalue weighted by atomic mass is 16.5. The molecule has 0 unspecified atom stereocenters. The minimum Gasteiger partial charge on any atom is -0.508 e. The Morgan fingerprint density at radius 1 is 0.871 bits per heavy atom. The zero-order chi connectivity index (χ0) is 21.4. The van der Waals surface area contributed by atoms with Crippen molar-refractivity contribution in [3.63, 3.8) is 0 Å². The van der Waals surface area contributed by atoms with Crippen LogP contribution in [0.5, 0.6) is 17.2 Å². The Hall–Kier alpha value is -4.19. The normalized spacial score (nSPS) is 11.0. The second kappa shape index (κ2) is 7.57. The molecule has 5 aromatic rings. The molecule has 0 atom stereocenters. The number of aromatic hydroxyl groups is 1. The maximum atomic E-state index is 9.83. The van der Waals surface area contributed by atoms with Crippen molar-refractivity contribution in [1.29, 1.82) is 0 Å². The molecule has 0 amide bonds. The third-order valence-electron chi connectivity index (χ3n) is 5.10. The number of nitrogens with zero attached hydrogens (tertiary/aromatic N) is 3. The summed E-state index contributed by atoms with van der Waals surface area (Å²) in [5.74, 6) is 2.28. The van der Waals surface area contributed by atoms with E-state index in [9.17, 15) is 5.11 Å². The second-order valence-electron chi connectivity index (χ2n) is 7.41. The zero-order valence-electron chi connectivity index (χ0n) is 17.1. The van der Waals surface area contributed by atoms with Crippen LogP contribution in [0.15, 0.2) is 73.1 Å². The number of phenolic OH excluding ortho intramolecular Hbond substituents is 1. The number of para-hydroxylation sites is 1. The SMILES string of the molecule is Cc1ccc2cccc(Oc3ccc(Nc4ncnc5ccc(O)cc45)cc3C)c2n1. The van der Waals surface area contributed by atoms with Crippen LogP contribution in [0.2, 0.25) is 0 Å². The summed E-state index contributed by atoms with van der Waals surface area (Å²) >= 11 is 0. The first-order chi connectivity index (χ1) is 15.1. The molecular formula is C25H20N4O2. The van der Waals surface area contributed by atoms with E-state index in [4.69, 9.17) is 4.74 Å². The molecule has 2 N–H and O–H groups in total. The number of anilines is 2. The smallest absolute Gasteiger partial charge is 0.153 e. The van der Waals surface area contributed by atoms with Crippen molar-refractivity contribution in [3.8, 4) is 17.2 Å². The lowest BCUT2D eigenvalue weighted by molar-refractivity contribution is 0.476. The predicted octanol–water partition coefficient (Wildman–Crippen LogP) is 6.04. The lowest BCUT2D eigenvalue weighted by Crippen LogP contribution is -1.97. The van der Waals surface area contributed by atoms with Crippen molar-refractivity contribution in [2.24, 2.45) is 0 Å². The number of ether oxygens (including phenoxy) is 1. The summed E-state index contributed by atoms with van der Waals surface area (Å²) in [7, 11) is 0. The van der Waals surface area contributed by atoms with E-state index < -0.39 is 0 Å². The van der Waals surface area contributed by atoms with Gasteiger partial charge >= 0.3 is 0 Å². The third-order valence-corrected chi connectivity index (χ3v) is 5.10. The Bertz CT molecular complexity index is 1430. The van der Waals surface area contributed by atoms with Crippen LogP contribution in [0.3, 0.4) is 0 Å². The van der Waals surface area contributed by atoms with Gasteiger partial charge in [0.15, 0.2) is 5.75 Å². The average Bonchev–Trinajstić information content (AvgIpc) is 2.76. The van der Waals surface area contributed by atoms with Crippen LogP contribution in [-0.2, 0) is 0 Å².